The molecule has 0 saturated carbocycles. The van der Waals surface area contributed by atoms with Crippen LogP contribution in [0.5, 0.6) is 0 Å². The number of aliphatic carboxylic acids is 1. The lowest BCUT2D eigenvalue weighted by Gasteiger charge is -2.34. The Morgan fingerprint density at radius 2 is 1.86 bits per heavy atom. The summed E-state index contributed by atoms with van der Waals surface area (Å²) in [5.41, 5.74) is 6.41. The molecule has 0 spiro atoms. The van der Waals surface area contributed by atoms with Crippen molar-refractivity contribution >= 4 is 11.9 Å². The number of carboxylic acids is 1. The van der Waals surface area contributed by atoms with E-state index in [1.807, 2.05) is 54.3 Å². The van der Waals surface area contributed by atoms with Crippen LogP contribution in [0.1, 0.15) is 47.9 Å². The van der Waals surface area contributed by atoms with Crippen LogP contribution in [0.15, 0.2) is 54.6 Å². The molecule has 1 heterocycles. The van der Waals surface area contributed by atoms with Crippen molar-refractivity contribution in [1.82, 2.24) is 4.90 Å². The number of aryl methyl sites for hydroxylation is 1. The van der Waals surface area contributed by atoms with Crippen LogP contribution in [0.25, 0.3) is 0 Å². The number of amides is 1. The van der Waals surface area contributed by atoms with E-state index < -0.39 is 17.6 Å². The third-order valence-electron chi connectivity index (χ3n) is 5.50. The maximum atomic E-state index is 12.0. The highest BCUT2D eigenvalue weighted by molar-refractivity contribution is 5.94. The van der Waals surface area contributed by atoms with E-state index in [2.05, 4.69) is 0 Å². The lowest BCUT2D eigenvalue weighted by molar-refractivity contribution is -0.180. The molecule has 0 bridgehead atoms. The largest absolute Gasteiger partial charge is 0.478 e. The van der Waals surface area contributed by atoms with Gasteiger partial charge in [0, 0.05) is 18.2 Å². The lowest BCUT2D eigenvalue weighted by Crippen LogP contribution is -2.52. The van der Waals surface area contributed by atoms with E-state index in [9.17, 15) is 14.7 Å². The Labute approximate surface area is 164 Å². The zero-order valence-electron chi connectivity index (χ0n) is 16.2. The Hall–Kier alpha value is -2.70. The van der Waals surface area contributed by atoms with Crippen LogP contribution in [0.4, 0.5) is 0 Å². The molecule has 1 saturated heterocycles. The molecule has 3 N–H and O–H groups in total. The Bertz CT molecular complexity index is 855. The van der Waals surface area contributed by atoms with Crippen molar-refractivity contribution in [2.75, 3.05) is 6.54 Å². The Morgan fingerprint density at radius 1 is 1.21 bits per heavy atom. The van der Waals surface area contributed by atoms with Gasteiger partial charge in [-0.25, -0.2) is 4.79 Å². The van der Waals surface area contributed by atoms with Gasteiger partial charge >= 0.3 is 5.97 Å². The highest BCUT2D eigenvalue weighted by Gasteiger charge is 2.51. The summed E-state index contributed by atoms with van der Waals surface area (Å²) in [7, 11) is 0. The molecule has 0 aliphatic carbocycles. The minimum absolute atomic E-state index is 0.0595. The van der Waals surface area contributed by atoms with Gasteiger partial charge in [0.05, 0.1) is 6.10 Å². The number of ether oxygens (including phenoxy) is 1. The monoisotopic (exact) mass is 382 g/mol. The summed E-state index contributed by atoms with van der Waals surface area (Å²) in [5.74, 6) is -1.46. The summed E-state index contributed by atoms with van der Waals surface area (Å²) in [6.07, 6.45) is 1.00. The number of carboxylic acid groups (broad SMARTS) is 1. The molecule has 1 fully saturated rings. The van der Waals surface area contributed by atoms with Crippen molar-refractivity contribution in [3.8, 4) is 0 Å². The minimum Gasteiger partial charge on any atom is -0.478 e. The summed E-state index contributed by atoms with van der Waals surface area (Å²) in [6.45, 7) is 4.09. The third kappa shape index (κ3) is 3.93. The Kier molecular flexibility index (Phi) is 5.82. The number of nitrogens with zero attached hydrogens (tertiary/aromatic N) is 1. The van der Waals surface area contributed by atoms with Crippen molar-refractivity contribution in [3.63, 3.8) is 0 Å². The van der Waals surface area contributed by atoms with Crippen LogP contribution in [0, 0.1) is 0 Å². The van der Waals surface area contributed by atoms with Crippen molar-refractivity contribution < 1.29 is 19.4 Å². The standard InChI is InChI=1S/C22H26N2O4/c1-15(12-13-16-8-6-7-11-18(16)20(23)25)24-14-19(17-9-4-3-5-10-17)28-22(24,2)21(26)27/h3-11,15,19H,12-14H2,1-2H3,(H2,23,25)(H,26,27)/t15-,19-,22?/m0/s1. The molecule has 148 valence electrons. The van der Waals surface area contributed by atoms with E-state index in [1.165, 1.54) is 0 Å². The first-order valence-corrected chi connectivity index (χ1v) is 9.43. The number of carbonyl (C=O) groups excluding carboxylic acids is 1. The van der Waals surface area contributed by atoms with Crippen molar-refractivity contribution in [3.05, 3.63) is 71.3 Å². The van der Waals surface area contributed by atoms with E-state index in [-0.39, 0.29) is 12.1 Å². The average molecular weight is 382 g/mol. The summed E-state index contributed by atoms with van der Waals surface area (Å²) in [5, 5.41) is 9.83. The summed E-state index contributed by atoms with van der Waals surface area (Å²) in [4.78, 5) is 25.5. The van der Waals surface area contributed by atoms with Gasteiger partial charge in [0.1, 0.15) is 0 Å². The molecule has 6 nitrogen and oxygen atoms in total. The molecule has 1 unspecified atom stereocenters. The molecule has 1 aliphatic rings. The molecule has 3 atom stereocenters. The molecule has 2 aromatic rings. The molecule has 1 amide bonds. The second kappa shape index (κ2) is 8.12. The van der Waals surface area contributed by atoms with Crippen LogP contribution in [0.2, 0.25) is 0 Å². The van der Waals surface area contributed by atoms with Gasteiger partial charge in [-0.15, -0.1) is 0 Å². The molecule has 28 heavy (non-hydrogen) atoms. The van der Waals surface area contributed by atoms with Gasteiger partial charge in [0.2, 0.25) is 11.6 Å². The van der Waals surface area contributed by atoms with Gasteiger partial charge in [0.25, 0.3) is 0 Å². The first-order valence-electron chi connectivity index (χ1n) is 9.43. The Morgan fingerprint density at radius 3 is 2.50 bits per heavy atom. The maximum absolute atomic E-state index is 12.0. The summed E-state index contributed by atoms with van der Waals surface area (Å²) >= 11 is 0. The number of carbonyl (C=O) groups is 2. The highest BCUT2D eigenvalue weighted by atomic mass is 16.6. The van der Waals surface area contributed by atoms with Crippen LogP contribution in [-0.2, 0) is 16.0 Å². The molecular formula is C22H26N2O4. The zero-order chi connectivity index (χ0) is 20.3. The van der Waals surface area contributed by atoms with E-state index >= 15 is 0 Å². The van der Waals surface area contributed by atoms with Gasteiger partial charge in [-0.3, -0.25) is 9.69 Å². The third-order valence-corrected chi connectivity index (χ3v) is 5.50. The van der Waals surface area contributed by atoms with E-state index in [0.717, 1.165) is 11.1 Å². The second-order valence-corrected chi connectivity index (χ2v) is 7.37. The van der Waals surface area contributed by atoms with Crippen LogP contribution < -0.4 is 5.73 Å². The second-order valence-electron chi connectivity index (χ2n) is 7.37. The lowest BCUT2D eigenvalue weighted by atomic mass is 9.98. The van der Waals surface area contributed by atoms with Crippen LogP contribution in [-0.4, -0.2) is 40.2 Å². The van der Waals surface area contributed by atoms with Gasteiger partial charge in [0.15, 0.2) is 0 Å². The van der Waals surface area contributed by atoms with Crippen LogP contribution >= 0.6 is 0 Å². The highest BCUT2D eigenvalue weighted by Crippen LogP contribution is 2.38. The fourth-order valence-electron chi connectivity index (χ4n) is 3.85. The molecule has 1 aliphatic heterocycles. The van der Waals surface area contributed by atoms with E-state index in [1.54, 1.807) is 19.1 Å². The SMILES string of the molecule is C[C@@H](CCc1ccccc1C(N)=O)N1C[C@@H](c2ccccc2)OC1(C)C(=O)O. The molecule has 0 radical (unpaired) electrons. The number of primary amides is 1. The average Bonchev–Trinajstić information content (AvgIpc) is 3.06. The molecule has 3 rings (SSSR count). The number of hydrogen-bond donors (Lipinski definition) is 2. The molecule has 2 aromatic carbocycles. The Balaban J connectivity index is 1.76. The number of nitrogens with two attached hydrogens (primary N) is 1. The molecule has 0 aromatic heterocycles. The predicted octanol–water partition coefficient (Wildman–Crippen LogP) is 2.98. The number of hydrogen-bond acceptors (Lipinski definition) is 4. The fourth-order valence-corrected chi connectivity index (χ4v) is 3.85. The van der Waals surface area contributed by atoms with E-state index in [4.69, 9.17) is 10.5 Å². The normalized spacial score (nSPS) is 23.4. The number of rotatable bonds is 7. The first-order chi connectivity index (χ1) is 13.3. The van der Waals surface area contributed by atoms with Gasteiger partial charge in [-0.05, 0) is 43.9 Å². The topological polar surface area (TPSA) is 92.9 Å². The number of benzene rings is 2. The van der Waals surface area contributed by atoms with Gasteiger partial charge < -0.3 is 15.6 Å². The molecule has 6 heteroatoms. The fraction of sp³-hybridized carbons (Fsp3) is 0.364. The van der Waals surface area contributed by atoms with Gasteiger partial charge in [-0.2, -0.15) is 0 Å². The van der Waals surface area contributed by atoms with Crippen molar-refractivity contribution in [1.29, 1.82) is 0 Å². The van der Waals surface area contributed by atoms with Crippen molar-refractivity contribution in [2.45, 2.75) is 44.6 Å². The van der Waals surface area contributed by atoms with Crippen molar-refractivity contribution in [2.24, 2.45) is 5.73 Å². The smallest absolute Gasteiger partial charge is 0.351 e. The quantitative estimate of drug-likeness (QED) is 0.768. The summed E-state index contributed by atoms with van der Waals surface area (Å²) < 4.78 is 6.00. The van der Waals surface area contributed by atoms with E-state index in [0.29, 0.717) is 24.9 Å². The van der Waals surface area contributed by atoms with Gasteiger partial charge in [-0.1, -0.05) is 48.5 Å². The first kappa shape index (κ1) is 20.0. The molecular weight excluding hydrogens is 356 g/mol. The maximum Gasteiger partial charge on any atom is 0.351 e. The summed E-state index contributed by atoms with van der Waals surface area (Å²) in [6, 6.07) is 16.9. The predicted molar refractivity (Wildman–Crippen MR) is 106 cm³/mol. The minimum atomic E-state index is -1.40. The van der Waals surface area contributed by atoms with Crippen LogP contribution in [0.3, 0.4) is 0 Å². The zero-order valence-corrected chi connectivity index (χ0v) is 16.2.